The number of carbonyl (C=O) groups excluding carboxylic acids is 1. The highest BCUT2D eigenvalue weighted by Gasteiger charge is 2.13. The minimum atomic E-state index is -0.179. The molecule has 0 aromatic carbocycles. The highest BCUT2D eigenvalue weighted by atomic mass is 16.2. The van der Waals surface area contributed by atoms with E-state index in [1.54, 1.807) is 0 Å². The largest absolute Gasteiger partial charge is 0.355 e. The summed E-state index contributed by atoms with van der Waals surface area (Å²) < 4.78 is 1.82. The molecule has 0 saturated carbocycles. The zero-order chi connectivity index (χ0) is 13.5. The monoisotopic (exact) mass is 252 g/mol. The number of amides is 1. The smallest absolute Gasteiger partial charge is 0.236 e. The van der Waals surface area contributed by atoms with E-state index >= 15 is 0 Å². The molecule has 5 nitrogen and oxygen atoms in total. The van der Waals surface area contributed by atoms with E-state index in [0.29, 0.717) is 6.54 Å². The Hall–Kier alpha value is -1.36. The van der Waals surface area contributed by atoms with E-state index in [9.17, 15) is 4.79 Å². The first-order valence-electron chi connectivity index (χ1n) is 6.60. The molecule has 0 fully saturated rings. The maximum Gasteiger partial charge on any atom is 0.236 e. The third kappa shape index (κ3) is 4.14. The van der Waals surface area contributed by atoms with Gasteiger partial charge in [-0.2, -0.15) is 5.10 Å². The van der Waals surface area contributed by atoms with Crippen LogP contribution in [0.1, 0.15) is 38.4 Å². The lowest BCUT2D eigenvalue weighted by molar-refractivity contribution is -0.122. The van der Waals surface area contributed by atoms with E-state index < -0.39 is 0 Å². The maximum absolute atomic E-state index is 11.7. The van der Waals surface area contributed by atoms with Gasteiger partial charge in [0.05, 0.1) is 11.7 Å². The zero-order valence-corrected chi connectivity index (χ0v) is 11.8. The lowest BCUT2D eigenvalue weighted by Gasteiger charge is -2.13. The molecule has 5 heteroatoms. The van der Waals surface area contributed by atoms with Crippen LogP contribution in [0, 0.1) is 0 Å². The number of hydrogen-bond donors (Lipinski definition) is 2. The summed E-state index contributed by atoms with van der Waals surface area (Å²) >= 11 is 0. The van der Waals surface area contributed by atoms with Crippen molar-refractivity contribution in [3.8, 4) is 0 Å². The lowest BCUT2D eigenvalue weighted by atomic mass is 10.2. The number of hydrogen-bond acceptors (Lipinski definition) is 3. The topological polar surface area (TPSA) is 59.0 Å². The molecule has 1 aromatic rings. The van der Waals surface area contributed by atoms with Gasteiger partial charge in [-0.15, -0.1) is 0 Å². The van der Waals surface area contributed by atoms with E-state index in [-0.39, 0.29) is 11.9 Å². The van der Waals surface area contributed by atoms with Crippen LogP contribution in [-0.4, -0.2) is 28.3 Å². The molecule has 0 bridgehead atoms. The number of rotatable bonds is 7. The first kappa shape index (κ1) is 14.7. The highest BCUT2D eigenvalue weighted by molar-refractivity contribution is 5.81. The minimum Gasteiger partial charge on any atom is -0.355 e. The molecule has 0 aliphatic heterocycles. The van der Waals surface area contributed by atoms with Crippen LogP contribution < -0.4 is 10.6 Å². The van der Waals surface area contributed by atoms with Gasteiger partial charge in [0, 0.05) is 31.9 Å². The molecule has 1 heterocycles. The van der Waals surface area contributed by atoms with E-state index in [0.717, 1.165) is 30.6 Å². The van der Waals surface area contributed by atoms with Crippen LogP contribution in [0.15, 0.2) is 6.20 Å². The SMILES string of the molecule is CCCNC(=O)C(C)NCc1cn(C)nc1CC. The third-order valence-corrected chi connectivity index (χ3v) is 2.87. The number of nitrogens with one attached hydrogen (secondary N) is 2. The average Bonchev–Trinajstić information content (AvgIpc) is 2.73. The van der Waals surface area contributed by atoms with E-state index in [4.69, 9.17) is 0 Å². The van der Waals surface area contributed by atoms with E-state index in [1.807, 2.05) is 31.8 Å². The summed E-state index contributed by atoms with van der Waals surface area (Å²) in [5.74, 6) is 0.0544. The Morgan fingerprint density at radius 3 is 2.83 bits per heavy atom. The summed E-state index contributed by atoms with van der Waals surface area (Å²) in [5, 5.41) is 10.5. The maximum atomic E-state index is 11.7. The predicted molar refractivity (Wildman–Crippen MR) is 72.2 cm³/mol. The van der Waals surface area contributed by atoms with Gasteiger partial charge in [-0.1, -0.05) is 13.8 Å². The van der Waals surface area contributed by atoms with Gasteiger partial charge in [-0.3, -0.25) is 9.48 Å². The fourth-order valence-corrected chi connectivity index (χ4v) is 1.79. The van der Waals surface area contributed by atoms with Gasteiger partial charge in [0.15, 0.2) is 0 Å². The van der Waals surface area contributed by atoms with Crippen molar-refractivity contribution in [3.05, 3.63) is 17.5 Å². The van der Waals surface area contributed by atoms with Gasteiger partial charge in [0.2, 0.25) is 5.91 Å². The van der Waals surface area contributed by atoms with Crippen molar-refractivity contribution < 1.29 is 4.79 Å². The summed E-state index contributed by atoms with van der Waals surface area (Å²) in [6.45, 7) is 7.42. The molecule has 18 heavy (non-hydrogen) atoms. The predicted octanol–water partition coefficient (Wildman–Crippen LogP) is 0.987. The van der Waals surface area contributed by atoms with Crippen LogP contribution in [-0.2, 0) is 24.8 Å². The Morgan fingerprint density at radius 1 is 1.50 bits per heavy atom. The van der Waals surface area contributed by atoms with Crippen molar-refractivity contribution >= 4 is 5.91 Å². The van der Waals surface area contributed by atoms with Gasteiger partial charge in [0.25, 0.3) is 0 Å². The molecule has 0 radical (unpaired) electrons. The second kappa shape index (κ2) is 7.16. The van der Waals surface area contributed by atoms with Crippen LogP contribution >= 0.6 is 0 Å². The summed E-state index contributed by atoms with van der Waals surface area (Å²) in [4.78, 5) is 11.7. The van der Waals surface area contributed by atoms with Crippen molar-refractivity contribution in [2.45, 2.75) is 46.2 Å². The molecular weight excluding hydrogens is 228 g/mol. The Morgan fingerprint density at radius 2 is 2.22 bits per heavy atom. The second-order valence-electron chi connectivity index (χ2n) is 4.52. The highest BCUT2D eigenvalue weighted by Crippen LogP contribution is 2.06. The van der Waals surface area contributed by atoms with Crippen molar-refractivity contribution in [3.63, 3.8) is 0 Å². The molecule has 1 aromatic heterocycles. The van der Waals surface area contributed by atoms with Gasteiger partial charge < -0.3 is 10.6 Å². The van der Waals surface area contributed by atoms with Gasteiger partial charge in [-0.25, -0.2) is 0 Å². The first-order valence-corrected chi connectivity index (χ1v) is 6.60. The molecule has 1 rings (SSSR count). The molecule has 0 spiro atoms. The quantitative estimate of drug-likeness (QED) is 0.761. The molecule has 102 valence electrons. The minimum absolute atomic E-state index is 0.0544. The van der Waals surface area contributed by atoms with Crippen LogP contribution in [0.3, 0.4) is 0 Å². The standard InChI is InChI=1S/C13H24N4O/c1-5-7-14-13(18)10(3)15-8-11-9-17(4)16-12(11)6-2/h9-10,15H,5-8H2,1-4H3,(H,14,18). The fourth-order valence-electron chi connectivity index (χ4n) is 1.79. The van der Waals surface area contributed by atoms with Crippen molar-refractivity contribution in [2.75, 3.05) is 6.54 Å². The normalized spacial score (nSPS) is 12.4. The first-order chi connectivity index (χ1) is 8.58. The lowest BCUT2D eigenvalue weighted by Crippen LogP contribution is -2.42. The van der Waals surface area contributed by atoms with Crippen LogP contribution in [0.4, 0.5) is 0 Å². The molecule has 0 saturated heterocycles. The van der Waals surface area contributed by atoms with Gasteiger partial charge in [-0.05, 0) is 19.8 Å². The average molecular weight is 252 g/mol. The van der Waals surface area contributed by atoms with Crippen molar-refractivity contribution in [1.82, 2.24) is 20.4 Å². The van der Waals surface area contributed by atoms with Crippen molar-refractivity contribution in [2.24, 2.45) is 7.05 Å². The summed E-state index contributed by atoms with van der Waals surface area (Å²) in [6.07, 6.45) is 3.87. The van der Waals surface area contributed by atoms with Gasteiger partial charge >= 0.3 is 0 Å². The van der Waals surface area contributed by atoms with Crippen LogP contribution in [0.2, 0.25) is 0 Å². The summed E-state index contributed by atoms with van der Waals surface area (Å²) in [7, 11) is 1.92. The number of nitrogens with zero attached hydrogens (tertiary/aromatic N) is 2. The molecule has 1 unspecified atom stereocenters. The fraction of sp³-hybridized carbons (Fsp3) is 0.692. The Labute approximate surface area is 109 Å². The van der Waals surface area contributed by atoms with Crippen molar-refractivity contribution in [1.29, 1.82) is 0 Å². The van der Waals surface area contributed by atoms with Gasteiger partial charge in [0.1, 0.15) is 0 Å². The second-order valence-corrected chi connectivity index (χ2v) is 4.52. The Balaban J connectivity index is 2.46. The molecule has 1 atom stereocenters. The summed E-state index contributed by atoms with van der Waals surface area (Å²) in [5.41, 5.74) is 2.25. The third-order valence-electron chi connectivity index (χ3n) is 2.87. The zero-order valence-electron chi connectivity index (χ0n) is 11.8. The number of carbonyl (C=O) groups is 1. The van der Waals surface area contributed by atoms with E-state index in [2.05, 4.69) is 22.7 Å². The van der Waals surface area contributed by atoms with Crippen LogP contribution in [0.5, 0.6) is 0 Å². The molecule has 0 aliphatic rings. The molecule has 2 N–H and O–H groups in total. The van der Waals surface area contributed by atoms with E-state index in [1.165, 1.54) is 0 Å². The van der Waals surface area contributed by atoms with Crippen LogP contribution in [0.25, 0.3) is 0 Å². The summed E-state index contributed by atoms with van der Waals surface area (Å²) in [6, 6.07) is -0.179. The number of aromatic nitrogens is 2. The molecule has 0 aliphatic carbocycles. The Kier molecular flexibility index (Phi) is 5.85. The molecule has 1 amide bonds. The molecular formula is C13H24N4O. The number of aryl methyl sites for hydroxylation is 2. The Bertz CT molecular complexity index is 386.